The van der Waals surface area contributed by atoms with Gasteiger partial charge in [-0.25, -0.2) is 9.59 Å². The van der Waals surface area contributed by atoms with E-state index >= 15 is 0 Å². The fourth-order valence-electron chi connectivity index (χ4n) is 3.02. The van der Waals surface area contributed by atoms with Crippen molar-refractivity contribution in [1.82, 2.24) is 0 Å². The van der Waals surface area contributed by atoms with Crippen LogP contribution in [0.25, 0.3) is 0 Å². The van der Waals surface area contributed by atoms with Gasteiger partial charge in [0.2, 0.25) is 0 Å². The molecule has 0 amide bonds. The predicted octanol–water partition coefficient (Wildman–Crippen LogP) is 3.82. The number of rotatable bonds is 19. The molecule has 0 aromatic carbocycles. The normalized spacial score (nSPS) is 12.6. The van der Waals surface area contributed by atoms with Crippen LogP contribution in [0.5, 0.6) is 0 Å². The summed E-state index contributed by atoms with van der Waals surface area (Å²) in [6.45, 7) is 2.28. The zero-order valence-electron chi connectivity index (χ0n) is 19.0. The number of hydrogen-bond donors (Lipinski definition) is 4. The molecule has 0 saturated carbocycles. The van der Waals surface area contributed by atoms with Crippen LogP contribution in [-0.2, 0) is 14.4 Å². The van der Waals surface area contributed by atoms with Gasteiger partial charge in [-0.3, -0.25) is 0 Å². The molecule has 172 valence electrons. The summed E-state index contributed by atoms with van der Waals surface area (Å²) in [7, 11) is 0. The molecule has 0 bridgehead atoms. The fourth-order valence-corrected chi connectivity index (χ4v) is 3.37. The first kappa shape index (κ1) is 31.7. The van der Waals surface area contributed by atoms with Crippen molar-refractivity contribution in [2.45, 2.75) is 122 Å². The Kier molecular flexibility index (Phi) is 24.5. The number of aliphatic carboxylic acids is 2. The first-order valence-electron chi connectivity index (χ1n) is 11.5. The maximum Gasteiger partial charge on any atom is 0.335 e. The molecule has 0 aliphatic heterocycles. The quantitative estimate of drug-likeness (QED) is 0.177. The minimum absolute atomic E-state index is 0.486. The van der Waals surface area contributed by atoms with Crippen molar-refractivity contribution in [2.75, 3.05) is 0 Å². The largest absolute Gasteiger partial charge is 0.479 e. The van der Waals surface area contributed by atoms with Crippen LogP contribution in [0.1, 0.15) is 110 Å². The summed E-state index contributed by atoms with van der Waals surface area (Å²) >= 11 is 0.751. The third-order valence-corrected chi connectivity index (χ3v) is 5.44. The second-order valence-corrected chi connectivity index (χ2v) is 9.08. The van der Waals surface area contributed by atoms with Gasteiger partial charge in [0, 0.05) is 0 Å². The van der Waals surface area contributed by atoms with Crippen molar-refractivity contribution < 1.29 is 34.8 Å². The monoisotopic (exact) mass is 440 g/mol. The SMILES string of the molecule is CCCCCCCCCCCCCCCCC[C](=O)[Na].O=C(O)C(O)C(O)C(=O)O. The number of carboxylic acid groups (broad SMARTS) is 2. The molecule has 2 unspecified atom stereocenters. The molecule has 0 aromatic rings. The topological polar surface area (TPSA) is 132 Å². The van der Waals surface area contributed by atoms with Gasteiger partial charge >= 0.3 is 118 Å². The number of aliphatic hydroxyl groups excluding tert-OH is 2. The Balaban J connectivity index is 0. The van der Waals surface area contributed by atoms with Gasteiger partial charge in [-0.2, -0.15) is 0 Å². The zero-order chi connectivity index (χ0) is 23.2. The van der Waals surface area contributed by atoms with Crippen LogP contribution >= 0.6 is 0 Å². The summed E-state index contributed by atoms with van der Waals surface area (Å²) in [5, 5.41) is 32.5. The molecule has 8 heteroatoms. The Morgan fingerprint density at radius 3 is 1.10 bits per heavy atom. The Morgan fingerprint density at radius 2 is 0.867 bits per heavy atom. The third kappa shape index (κ3) is 23.8. The van der Waals surface area contributed by atoms with Crippen molar-refractivity contribution in [1.29, 1.82) is 0 Å². The molecule has 0 spiro atoms. The molecule has 0 fully saturated rings. The van der Waals surface area contributed by atoms with Gasteiger partial charge in [0.15, 0.2) is 12.2 Å². The smallest absolute Gasteiger partial charge is 0.335 e. The Labute approximate surface area is 199 Å². The van der Waals surface area contributed by atoms with Crippen LogP contribution in [0.15, 0.2) is 0 Å². The first-order chi connectivity index (χ1) is 14.2. The van der Waals surface area contributed by atoms with Crippen LogP contribution in [0.3, 0.4) is 0 Å². The molecule has 0 rings (SSSR count). The Hall–Kier alpha value is -0.470. The molecule has 7 nitrogen and oxygen atoms in total. The summed E-state index contributed by atoms with van der Waals surface area (Å²) in [4.78, 5) is 30.4. The van der Waals surface area contributed by atoms with E-state index in [4.69, 9.17) is 20.4 Å². The summed E-state index contributed by atoms with van der Waals surface area (Å²) in [5.74, 6) is -3.54. The molecule has 0 saturated heterocycles. The van der Waals surface area contributed by atoms with E-state index in [1.807, 2.05) is 0 Å². The van der Waals surface area contributed by atoms with E-state index < -0.39 is 24.1 Å². The summed E-state index contributed by atoms with van der Waals surface area (Å²) < 4.78 is 0.486. The summed E-state index contributed by atoms with van der Waals surface area (Å²) in [6, 6.07) is 0. The van der Waals surface area contributed by atoms with E-state index in [9.17, 15) is 14.4 Å². The van der Waals surface area contributed by atoms with Crippen LogP contribution < -0.4 is 0 Å². The molecule has 0 aromatic heterocycles. The van der Waals surface area contributed by atoms with Gasteiger partial charge in [-0.05, 0) is 0 Å². The van der Waals surface area contributed by atoms with Crippen LogP contribution in [0, 0.1) is 0 Å². The van der Waals surface area contributed by atoms with Gasteiger partial charge in [0.1, 0.15) is 0 Å². The van der Waals surface area contributed by atoms with Gasteiger partial charge in [0.05, 0.1) is 0 Å². The van der Waals surface area contributed by atoms with Crippen LogP contribution in [-0.4, -0.2) is 75.5 Å². The maximum atomic E-state index is 10.8. The number of carbonyl (C=O) groups is 3. The van der Waals surface area contributed by atoms with Gasteiger partial charge in [-0.1, -0.05) is 39.0 Å². The fraction of sp³-hybridized carbons (Fsp3) is 0.864. The minimum atomic E-state index is -2.27. The summed E-state index contributed by atoms with van der Waals surface area (Å²) in [5.41, 5.74) is 0. The van der Waals surface area contributed by atoms with E-state index in [-0.39, 0.29) is 0 Å². The first-order valence-corrected chi connectivity index (χ1v) is 12.5. The average Bonchev–Trinajstić information content (AvgIpc) is 2.69. The molecular weight excluding hydrogens is 399 g/mol. The number of carboxylic acids is 2. The van der Waals surface area contributed by atoms with Crippen molar-refractivity contribution in [3.63, 3.8) is 0 Å². The van der Waals surface area contributed by atoms with Crippen LogP contribution in [0.4, 0.5) is 0 Å². The van der Waals surface area contributed by atoms with Gasteiger partial charge in [0.25, 0.3) is 0 Å². The van der Waals surface area contributed by atoms with E-state index in [0.717, 1.165) is 40.8 Å². The van der Waals surface area contributed by atoms with Crippen molar-refractivity contribution in [3.8, 4) is 0 Å². The standard InChI is InChI=1S/C18H35O.C4H6O6.Na/c1-2-3-4-5-6-7-8-9-10-11-12-13-14-15-16-17-18-19;5-1(3(7)8)2(6)4(9)10;/h2-17H2,1H3;1-2,5-6H,(H,7,8)(H,9,10);. The molecule has 0 heterocycles. The number of carbonyl (C=O) groups excluding carboxylic acids is 1. The number of hydrogen-bond acceptors (Lipinski definition) is 5. The Bertz CT molecular complexity index is 425. The molecule has 30 heavy (non-hydrogen) atoms. The second kappa shape index (κ2) is 23.2. The van der Waals surface area contributed by atoms with Crippen molar-refractivity contribution in [3.05, 3.63) is 0 Å². The van der Waals surface area contributed by atoms with Crippen molar-refractivity contribution >= 4 is 42.9 Å². The average molecular weight is 441 g/mol. The maximum absolute atomic E-state index is 10.8. The molecule has 2 atom stereocenters. The molecule has 4 N–H and O–H groups in total. The van der Waals surface area contributed by atoms with Crippen molar-refractivity contribution in [2.24, 2.45) is 0 Å². The van der Waals surface area contributed by atoms with E-state index in [0.29, 0.717) is 3.03 Å². The predicted molar refractivity (Wildman–Crippen MR) is 118 cm³/mol. The zero-order valence-corrected chi connectivity index (χ0v) is 21.0. The third-order valence-electron chi connectivity index (χ3n) is 4.94. The second-order valence-electron chi connectivity index (χ2n) is 7.97. The van der Waals surface area contributed by atoms with Gasteiger partial charge in [-0.15, -0.1) is 0 Å². The minimum Gasteiger partial charge on any atom is -0.479 e. The van der Waals surface area contributed by atoms with Crippen LogP contribution in [0.2, 0.25) is 0 Å². The number of aliphatic hydroxyl groups is 2. The van der Waals surface area contributed by atoms with E-state index in [1.54, 1.807) is 0 Å². The molecule has 0 aliphatic rings. The van der Waals surface area contributed by atoms with Gasteiger partial charge < -0.3 is 20.4 Å². The summed E-state index contributed by atoms with van der Waals surface area (Å²) in [6.07, 6.45) is 17.2. The molecule has 0 aliphatic carbocycles. The Morgan fingerprint density at radius 1 is 0.600 bits per heavy atom. The molecular formula is C22H41NaO7. The van der Waals surface area contributed by atoms with E-state index in [1.165, 1.54) is 89.9 Å². The number of unbranched alkanes of at least 4 members (excludes halogenated alkanes) is 14. The molecule has 0 radical (unpaired) electrons. The van der Waals surface area contributed by atoms with E-state index in [2.05, 4.69) is 6.92 Å².